The van der Waals surface area contributed by atoms with Crippen LogP contribution >= 0.6 is 31.3 Å². The van der Waals surface area contributed by atoms with Crippen molar-refractivity contribution in [2.45, 2.75) is 247 Å². The van der Waals surface area contributed by atoms with E-state index in [4.69, 9.17) is 102 Å². The first kappa shape index (κ1) is 125. The van der Waals surface area contributed by atoms with Crippen LogP contribution in [0.3, 0.4) is 0 Å². The van der Waals surface area contributed by atoms with E-state index < -0.39 is 77.0 Å². The maximum absolute atomic E-state index is 13.1. The Morgan fingerprint density at radius 1 is 0.314 bits per heavy atom. The minimum absolute atomic E-state index is 0.0377. The first-order valence-electron chi connectivity index (χ1n) is 47.3. The van der Waals surface area contributed by atoms with Gasteiger partial charge in [0.15, 0.2) is 0 Å². The summed E-state index contributed by atoms with van der Waals surface area (Å²) in [5.41, 5.74) is 6.06. The predicted molar refractivity (Wildman–Crippen MR) is 532 cm³/mol. The predicted octanol–water partition coefficient (Wildman–Crippen LogP) is 22.5. The van der Waals surface area contributed by atoms with Gasteiger partial charge < -0.3 is 56.9 Å². The number of hydroxylamine groups is 1. The Morgan fingerprint density at radius 2 is 0.599 bits per heavy atom. The SMILES string of the molecule is CCOCCOCCOCCOP(=O)(OC(C)CCC(=O)OC)OC(C)(C)C.CCOCCOCCOCCOP(=O)(OC(C)CCC(=O)OC)OC(C)(C)C.COCCOP(=O)(OCCCCCCONC(c1ccccc1)(c1ccccc1)c1ccc(OC)cc1)OC(C)(C)C.COc1ccc(C(NCCCCCOP(=O)(OC(C)C)OC(C)(C)C)(c2ccccc2)c2ccccc2)cc1. The van der Waals surface area contributed by atoms with Gasteiger partial charge in [-0.1, -0.05) is 158 Å². The van der Waals surface area contributed by atoms with Crippen molar-refractivity contribution in [2.75, 3.05) is 168 Å². The van der Waals surface area contributed by atoms with Crippen LogP contribution in [0.1, 0.15) is 229 Å². The average molecular weight is 2010 g/mol. The summed E-state index contributed by atoms with van der Waals surface area (Å²) in [5.74, 6) is 0.893. The number of ether oxygens (including phenoxy) is 11. The summed E-state index contributed by atoms with van der Waals surface area (Å²) in [4.78, 5) is 28.7. The Kier molecular flexibility index (Phi) is 62.3. The molecule has 778 valence electrons. The number of methoxy groups -OCH3 is 5. The van der Waals surface area contributed by atoms with Crippen LogP contribution in [0.25, 0.3) is 0 Å². The molecule has 0 amide bonds. The molecule has 0 fully saturated rings. The Morgan fingerprint density at radius 3 is 0.934 bits per heavy atom. The van der Waals surface area contributed by atoms with Crippen LogP contribution < -0.4 is 20.3 Å². The lowest BCUT2D eigenvalue weighted by atomic mass is 9.77. The molecule has 6 unspecified atom stereocenters. The van der Waals surface area contributed by atoms with E-state index in [0.29, 0.717) is 98.7 Å². The van der Waals surface area contributed by atoms with Crippen LogP contribution in [0.15, 0.2) is 170 Å². The Labute approximate surface area is 818 Å². The highest BCUT2D eigenvalue weighted by atomic mass is 31.2. The number of hydrogen-bond acceptors (Lipinski definition) is 32. The summed E-state index contributed by atoms with van der Waals surface area (Å²) in [5, 5.41) is 3.90. The van der Waals surface area contributed by atoms with Gasteiger partial charge in [0.25, 0.3) is 0 Å². The highest BCUT2D eigenvalue weighted by Crippen LogP contribution is 2.57. The second kappa shape index (κ2) is 68.2. The highest BCUT2D eigenvalue weighted by Gasteiger charge is 2.41. The van der Waals surface area contributed by atoms with E-state index in [9.17, 15) is 27.8 Å². The van der Waals surface area contributed by atoms with E-state index in [1.54, 1.807) is 76.7 Å². The third kappa shape index (κ3) is 54.8. The van der Waals surface area contributed by atoms with Crippen molar-refractivity contribution in [3.8, 4) is 11.5 Å². The second-order valence-electron chi connectivity index (χ2n) is 35.6. The van der Waals surface area contributed by atoms with E-state index >= 15 is 0 Å². The van der Waals surface area contributed by atoms with Gasteiger partial charge in [-0.15, -0.1) is 0 Å². The van der Waals surface area contributed by atoms with Gasteiger partial charge in [-0.25, -0.2) is 18.3 Å². The summed E-state index contributed by atoms with van der Waals surface area (Å²) in [6.45, 7) is 40.3. The van der Waals surface area contributed by atoms with Crippen molar-refractivity contribution in [3.05, 3.63) is 203 Å². The van der Waals surface area contributed by atoms with Gasteiger partial charge in [0.1, 0.15) is 17.0 Å². The molecule has 6 atom stereocenters. The summed E-state index contributed by atoms with van der Waals surface area (Å²) in [6, 6.07) is 58.0. The Balaban J connectivity index is 0.000000478. The van der Waals surface area contributed by atoms with E-state index in [0.717, 1.165) is 96.4 Å². The van der Waals surface area contributed by atoms with Crippen LogP contribution in [-0.4, -0.2) is 220 Å². The zero-order valence-electron chi connectivity index (χ0n) is 85.9. The van der Waals surface area contributed by atoms with Crippen molar-refractivity contribution in [3.63, 3.8) is 0 Å². The summed E-state index contributed by atoms with van der Waals surface area (Å²) >= 11 is 0. The fraction of sp³-hybridized carbons (Fsp3) is 0.624. The quantitative estimate of drug-likeness (QED) is 0.0118. The maximum Gasteiger partial charge on any atom is 0.475 e. The average Bonchev–Trinajstić information content (AvgIpc) is 0.758. The lowest BCUT2D eigenvalue weighted by Gasteiger charge is -2.37. The third-order valence-corrected chi connectivity index (χ3v) is 26.3. The molecule has 137 heavy (non-hydrogen) atoms. The lowest BCUT2D eigenvalue weighted by Crippen LogP contribution is -2.45. The number of hydrogen-bond donors (Lipinski definition) is 2. The second-order valence-corrected chi connectivity index (χ2v) is 41.8. The molecular weight excluding hydrogens is 1840 g/mol. The van der Waals surface area contributed by atoms with Gasteiger partial charge in [0.05, 0.1) is 187 Å². The van der Waals surface area contributed by atoms with E-state index in [1.807, 2.05) is 142 Å². The van der Waals surface area contributed by atoms with Gasteiger partial charge in [-0.2, -0.15) is 5.48 Å². The number of esters is 2. The number of carbonyl (C=O) groups is 2. The van der Waals surface area contributed by atoms with Crippen molar-refractivity contribution in [2.24, 2.45) is 0 Å². The molecular formula is C101H164N2O30P4. The molecule has 0 radical (unpaired) electrons. The van der Waals surface area contributed by atoms with Crippen molar-refractivity contribution < 1.29 is 139 Å². The van der Waals surface area contributed by atoms with Crippen LogP contribution in [0.5, 0.6) is 11.5 Å². The minimum Gasteiger partial charge on any atom is -0.497 e. The molecule has 32 nitrogen and oxygen atoms in total. The summed E-state index contributed by atoms with van der Waals surface area (Å²) in [6.07, 6.45) is 5.63. The molecule has 0 spiro atoms. The minimum atomic E-state index is -3.82. The third-order valence-electron chi connectivity index (χ3n) is 18.8. The number of rotatable bonds is 68. The largest absolute Gasteiger partial charge is 0.497 e. The van der Waals surface area contributed by atoms with Crippen LogP contribution in [0, 0.1) is 0 Å². The molecule has 0 aliphatic heterocycles. The standard InChI is InChI=1S/C33H46NO7P.C32H44NO5P.2C18H37O9P/c1-32(2,3)41-42(35,40-27-26-36-4)39-25-15-7-6-14-24-38-34-33(28-16-10-8-11-17-28,29-18-12-9-13-19-29)30-20-22-31(37-5)23-21-30;1-26(2)37-39(34,38-31(3,4)5)36-25-15-9-14-24-33-32(27-16-10-7-11-17-27,28-18-12-8-13-19-28)29-20-22-30(35-6)23-21-29;2*1-7-22-10-11-23-12-13-24-14-15-25-28(20,27-18(3,4)5)26-16(2)8-9-17(19)21-6/h8-13,16-23,34H,6-7,14-15,24-27H2,1-5H3;7-8,10-13,16-23,26,33H,9,14-15,24-25H2,1-6H3;2*16H,7-15H2,1-6H3. The maximum atomic E-state index is 13.1. The first-order chi connectivity index (χ1) is 65.0. The molecule has 0 heterocycles. The molecule has 36 heteroatoms. The number of phosphoric acid groups is 4. The number of unbranched alkanes of at least 4 members (excludes halogenated alkanes) is 5. The molecule has 0 aromatic heterocycles. The number of benzene rings is 6. The van der Waals surface area contributed by atoms with E-state index in [2.05, 4.69) is 117 Å². The molecule has 0 bridgehead atoms. The first-order valence-corrected chi connectivity index (χ1v) is 53.1. The van der Waals surface area contributed by atoms with Crippen LogP contribution in [0.4, 0.5) is 0 Å². The van der Waals surface area contributed by atoms with Crippen LogP contribution in [0.2, 0.25) is 0 Å². The zero-order chi connectivity index (χ0) is 102. The Bertz CT molecular complexity index is 4130. The zero-order valence-corrected chi connectivity index (χ0v) is 89.4. The van der Waals surface area contributed by atoms with Gasteiger partial charge >= 0.3 is 43.2 Å². The summed E-state index contributed by atoms with van der Waals surface area (Å²) in [7, 11) is -7.41. The molecule has 6 rings (SSSR count). The molecule has 6 aromatic rings. The van der Waals surface area contributed by atoms with Gasteiger partial charge in [0, 0.05) is 33.2 Å². The molecule has 2 N–H and O–H groups in total. The number of nitrogens with one attached hydrogen (secondary N) is 2. The smallest absolute Gasteiger partial charge is 0.475 e. The van der Waals surface area contributed by atoms with Gasteiger partial charge in [-0.05, 0) is 234 Å². The topological polar surface area (TPSA) is 348 Å². The molecule has 0 saturated carbocycles. The molecule has 0 saturated heterocycles. The normalized spacial score (nSPS) is 14.3. The van der Waals surface area contributed by atoms with E-state index in [1.165, 1.54) is 14.2 Å². The molecule has 0 aliphatic carbocycles. The fourth-order valence-electron chi connectivity index (χ4n) is 12.9. The van der Waals surface area contributed by atoms with Crippen molar-refractivity contribution in [1.29, 1.82) is 0 Å². The Hall–Kier alpha value is -6.10. The fourth-order valence-corrected chi connectivity index (χ4v) is 19.4. The van der Waals surface area contributed by atoms with Gasteiger partial charge in [0.2, 0.25) is 0 Å². The monoisotopic (exact) mass is 2010 g/mol. The molecule has 6 aromatic carbocycles. The number of carbonyl (C=O) groups excluding carboxylic acids is 2. The van der Waals surface area contributed by atoms with Crippen molar-refractivity contribution >= 4 is 43.2 Å². The van der Waals surface area contributed by atoms with E-state index in [-0.39, 0.29) is 70.5 Å². The number of phosphoric ester groups is 4. The summed E-state index contributed by atoms with van der Waals surface area (Å²) < 4.78 is 175. The molecule has 0 aliphatic rings. The highest BCUT2D eigenvalue weighted by molar-refractivity contribution is 7.49. The van der Waals surface area contributed by atoms with Crippen LogP contribution in [-0.2, 0) is 141 Å². The lowest BCUT2D eigenvalue weighted by molar-refractivity contribution is -0.142. The van der Waals surface area contributed by atoms with Crippen molar-refractivity contribution in [1.82, 2.24) is 10.8 Å². The van der Waals surface area contributed by atoms with Gasteiger partial charge in [-0.3, -0.25) is 69.2 Å².